The van der Waals surface area contributed by atoms with Crippen LogP contribution < -0.4 is 4.74 Å². The number of ether oxygens (including phenoxy) is 1. The lowest BCUT2D eigenvalue weighted by atomic mass is 10.1. The van der Waals surface area contributed by atoms with Crippen LogP contribution in [0.15, 0.2) is 61.1 Å². The molecule has 4 aromatic rings. The fraction of sp³-hybridized carbons (Fsp3) is 0.136. The van der Waals surface area contributed by atoms with E-state index >= 15 is 0 Å². The maximum absolute atomic E-state index is 5.55. The van der Waals surface area contributed by atoms with E-state index in [0.29, 0.717) is 5.82 Å². The predicted molar refractivity (Wildman–Crippen MR) is 109 cm³/mol. The highest BCUT2D eigenvalue weighted by Gasteiger charge is 2.07. The van der Waals surface area contributed by atoms with Crippen LogP contribution in [0.2, 0.25) is 0 Å². The Balaban J connectivity index is 1.50. The van der Waals surface area contributed by atoms with Crippen LogP contribution in [0.5, 0.6) is 5.75 Å². The van der Waals surface area contributed by atoms with Crippen molar-refractivity contribution in [1.82, 2.24) is 24.7 Å². The Labute approximate surface area is 163 Å². The van der Waals surface area contributed by atoms with Gasteiger partial charge in [0.15, 0.2) is 5.82 Å². The minimum absolute atomic E-state index is 0.652. The maximum Gasteiger partial charge on any atom is 0.173 e. The summed E-state index contributed by atoms with van der Waals surface area (Å²) < 4.78 is 7.50. The summed E-state index contributed by atoms with van der Waals surface area (Å²) in [5.41, 5.74) is 4.11. The van der Waals surface area contributed by atoms with Crippen LogP contribution in [-0.4, -0.2) is 31.8 Å². The van der Waals surface area contributed by atoms with Gasteiger partial charge in [0.1, 0.15) is 11.6 Å². The highest BCUT2D eigenvalue weighted by Crippen LogP contribution is 2.25. The predicted octanol–water partition coefficient (Wildman–Crippen LogP) is 4.07. The minimum Gasteiger partial charge on any atom is -0.495 e. The Morgan fingerprint density at radius 1 is 1.11 bits per heavy atom. The van der Waals surface area contributed by atoms with Crippen molar-refractivity contribution in [3.8, 4) is 11.4 Å². The highest BCUT2D eigenvalue weighted by molar-refractivity contribution is 5.69. The zero-order valence-electron chi connectivity index (χ0n) is 15.8. The van der Waals surface area contributed by atoms with Crippen molar-refractivity contribution in [3.63, 3.8) is 0 Å². The molecule has 0 saturated heterocycles. The van der Waals surface area contributed by atoms with Crippen LogP contribution in [0.25, 0.3) is 17.8 Å². The molecule has 0 saturated carbocycles. The number of H-pyrrole nitrogens is 1. The SMILES string of the molecule is COc1cc(/C=C/c2n[nH]c(Cc3ccccc3)n2)ccc1-n1cnc(C)c1. The Hall–Kier alpha value is -3.67. The van der Waals surface area contributed by atoms with E-state index in [1.807, 2.05) is 66.2 Å². The van der Waals surface area contributed by atoms with E-state index in [1.54, 1.807) is 13.4 Å². The molecule has 1 N–H and O–H groups in total. The molecule has 0 bridgehead atoms. The molecule has 6 nitrogen and oxygen atoms in total. The first-order valence-corrected chi connectivity index (χ1v) is 9.03. The Kier molecular flexibility index (Phi) is 5.01. The van der Waals surface area contributed by atoms with Gasteiger partial charge in [-0.1, -0.05) is 42.5 Å². The first-order valence-electron chi connectivity index (χ1n) is 9.03. The van der Waals surface area contributed by atoms with E-state index < -0.39 is 0 Å². The molecule has 6 heteroatoms. The molecular formula is C22H21N5O. The molecule has 0 aliphatic carbocycles. The quantitative estimate of drug-likeness (QED) is 0.555. The topological polar surface area (TPSA) is 68.6 Å². The molecule has 4 rings (SSSR count). The molecule has 0 amide bonds. The van der Waals surface area contributed by atoms with Crippen molar-refractivity contribution in [3.05, 3.63) is 89.5 Å². The number of aryl methyl sites for hydroxylation is 1. The smallest absolute Gasteiger partial charge is 0.173 e. The lowest BCUT2D eigenvalue weighted by Gasteiger charge is -2.09. The Morgan fingerprint density at radius 2 is 1.96 bits per heavy atom. The van der Waals surface area contributed by atoms with Gasteiger partial charge < -0.3 is 9.30 Å². The molecule has 28 heavy (non-hydrogen) atoms. The van der Waals surface area contributed by atoms with Crippen molar-refractivity contribution < 1.29 is 4.74 Å². The van der Waals surface area contributed by atoms with Crippen LogP contribution in [0.3, 0.4) is 0 Å². The Bertz CT molecular complexity index is 1100. The number of rotatable bonds is 6. The van der Waals surface area contributed by atoms with E-state index in [4.69, 9.17) is 4.74 Å². The first-order chi connectivity index (χ1) is 13.7. The number of nitrogens with zero attached hydrogens (tertiary/aromatic N) is 4. The van der Waals surface area contributed by atoms with E-state index in [9.17, 15) is 0 Å². The van der Waals surface area contributed by atoms with Crippen molar-refractivity contribution in [2.24, 2.45) is 0 Å². The second kappa shape index (κ2) is 7.92. The average Bonchev–Trinajstić information content (AvgIpc) is 3.36. The van der Waals surface area contributed by atoms with E-state index in [2.05, 4.69) is 32.3 Å². The molecule has 2 aromatic heterocycles. The molecule has 140 valence electrons. The van der Waals surface area contributed by atoms with Gasteiger partial charge in [0.25, 0.3) is 0 Å². The molecule has 2 heterocycles. The standard InChI is InChI=1S/C22H21N5O/c1-16-14-27(15-23-16)19-10-8-18(12-20(19)28-2)9-11-21-24-22(26-25-21)13-17-6-4-3-5-7-17/h3-12,14-15H,13H2,1-2H3,(H,24,25,26)/b11-9+. The number of imidazole rings is 1. The van der Waals surface area contributed by atoms with Gasteiger partial charge in [0.2, 0.25) is 0 Å². The highest BCUT2D eigenvalue weighted by atomic mass is 16.5. The van der Waals surface area contributed by atoms with Crippen molar-refractivity contribution in [2.45, 2.75) is 13.3 Å². The van der Waals surface area contributed by atoms with Gasteiger partial charge in [-0.2, -0.15) is 5.10 Å². The summed E-state index contributed by atoms with van der Waals surface area (Å²) in [4.78, 5) is 8.81. The van der Waals surface area contributed by atoms with Crippen LogP contribution in [0.1, 0.15) is 28.5 Å². The summed E-state index contributed by atoms with van der Waals surface area (Å²) in [6, 6.07) is 16.2. The summed E-state index contributed by atoms with van der Waals surface area (Å²) in [7, 11) is 1.67. The normalized spacial score (nSPS) is 11.2. The number of hydrogen-bond donors (Lipinski definition) is 1. The van der Waals surface area contributed by atoms with Crippen LogP contribution in [-0.2, 0) is 6.42 Å². The molecular weight excluding hydrogens is 350 g/mol. The zero-order chi connectivity index (χ0) is 19.3. The van der Waals surface area contributed by atoms with Crippen molar-refractivity contribution >= 4 is 12.2 Å². The van der Waals surface area contributed by atoms with Gasteiger partial charge in [-0.05, 0) is 36.3 Å². The van der Waals surface area contributed by atoms with Gasteiger partial charge in [-0.3, -0.25) is 5.10 Å². The zero-order valence-corrected chi connectivity index (χ0v) is 15.8. The number of aromatic amines is 1. The van der Waals surface area contributed by atoms with E-state index in [0.717, 1.165) is 34.9 Å². The third-order valence-corrected chi connectivity index (χ3v) is 4.38. The van der Waals surface area contributed by atoms with Crippen molar-refractivity contribution in [2.75, 3.05) is 7.11 Å². The molecule has 0 aliphatic rings. The minimum atomic E-state index is 0.652. The molecule has 0 aliphatic heterocycles. The monoisotopic (exact) mass is 371 g/mol. The molecule has 0 fully saturated rings. The summed E-state index contributed by atoms with van der Waals surface area (Å²) in [5.74, 6) is 2.27. The molecule has 0 spiro atoms. The molecule has 0 atom stereocenters. The fourth-order valence-corrected chi connectivity index (χ4v) is 2.99. The maximum atomic E-state index is 5.55. The largest absolute Gasteiger partial charge is 0.495 e. The van der Waals surface area contributed by atoms with Crippen molar-refractivity contribution in [1.29, 1.82) is 0 Å². The second-order valence-electron chi connectivity index (χ2n) is 6.49. The van der Waals surface area contributed by atoms with E-state index in [1.165, 1.54) is 5.56 Å². The van der Waals surface area contributed by atoms with Crippen LogP contribution in [0, 0.1) is 6.92 Å². The molecule has 0 unspecified atom stereocenters. The van der Waals surface area contributed by atoms with Gasteiger partial charge in [-0.25, -0.2) is 9.97 Å². The van der Waals surface area contributed by atoms with Crippen LogP contribution in [0.4, 0.5) is 0 Å². The van der Waals surface area contributed by atoms with Gasteiger partial charge in [0, 0.05) is 12.6 Å². The number of nitrogens with one attached hydrogen (secondary N) is 1. The molecule has 2 aromatic carbocycles. The van der Waals surface area contributed by atoms with E-state index in [-0.39, 0.29) is 0 Å². The number of methoxy groups -OCH3 is 1. The van der Waals surface area contributed by atoms with Crippen LogP contribution >= 0.6 is 0 Å². The summed E-state index contributed by atoms with van der Waals surface area (Å²) in [6.07, 6.45) is 8.34. The Morgan fingerprint density at radius 3 is 2.71 bits per heavy atom. The number of aromatic nitrogens is 5. The summed E-state index contributed by atoms with van der Waals surface area (Å²) in [5, 5.41) is 7.27. The molecule has 0 radical (unpaired) electrons. The third-order valence-electron chi connectivity index (χ3n) is 4.38. The van der Waals surface area contributed by atoms with Gasteiger partial charge in [0.05, 0.1) is 24.8 Å². The summed E-state index contributed by atoms with van der Waals surface area (Å²) in [6.45, 7) is 1.96. The van der Waals surface area contributed by atoms with Gasteiger partial charge in [-0.15, -0.1) is 0 Å². The third kappa shape index (κ3) is 4.01. The fourth-order valence-electron chi connectivity index (χ4n) is 2.99. The number of hydrogen-bond acceptors (Lipinski definition) is 4. The lowest BCUT2D eigenvalue weighted by molar-refractivity contribution is 0.413. The number of benzene rings is 2. The average molecular weight is 371 g/mol. The van der Waals surface area contributed by atoms with Gasteiger partial charge >= 0.3 is 0 Å². The first kappa shape index (κ1) is 17.7. The second-order valence-corrected chi connectivity index (χ2v) is 6.49. The lowest BCUT2D eigenvalue weighted by Crippen LogP contribution is -1.95. The summed E-state index contributed by atoms with van der Waals surface area (Å²) >= 11 is 0.